The summed E-state index contributed by atoms with van der Waals surface area (Å²) >= 11 is 0. The van der Waals surface area contributed by atoms with Crippen LogP contribution in [-0.2, 0) is 9.47 Å². The van der Waals surface area contributed by atoms with Crippen molar-refractivity contribution in [1.29, 1.82) is 5.26 Å². The van der Waals surface area contributed by atoms with Gasteiger partial charge in [-0.05, 0) is 38.1 Å². The molecule has 0 atom stereocenters. The van der Waals surface area contributed by atoms with Crippen LogP contribution in [0.15, 0.2) is 0 Å². The summed E-state index contributed by atoms with van der Waals surface area (Å²) in [5.41, 5.74) is 5.29. The van der Waals surface area contributed by atoms with Gasteiger partial charge in [-0.1, -0.05) is 0 Å². The second-order valence-corrected chi connectivity index (χ2v) is 4.07. The van der Waals surface area contributed by atoms with E-state index in [0.717, 1.165) is 38.9 Å². The van der Waals surface area contributed by atoms with Crippen LogP contribution >= 0.6 is 0 Å². The SMILES string of the molecule is N#CC1CCOCC1.[2H]C([2H])(N)C1CCOCC1. The predicted molar refractivity (Wildman–Crippen MR) is 61.8 cm³/mol. The normalized spacial score (nSPS) is 25.8. The number of nitriles is 1. The third-order valence-corrected chi connectivity index (χ3v) is 2.86. The van der Waals surface area contributed by atoms with E-state index in [9.17, 15) is 0 Å². The van der Waals surface area contributed by atoms with Gasteiger partial charge in [0.1, 0.15) is 0 Å². The summed E-state index contributed by atoms with van der Waals surface area (Å²) < 4.78 is 24.6. The molecule has 4 nitrogen and oxygen atoms in total. The Morgan fingerprint density at radius 3 is 1.94 bits per heavy atom. The minimum Gasteiger partial charge on any atom is -0.381 e. The highest BCUT2D eigenvalue weighted by atomic mass is 16.5. The molecule has 0 aliphatic carbocycles. The first-order chi connectivity index (χ1) is 8.54. The molecule has 0 spiro atoms. The van der Waals surface area contributed by atoms with Gasteiger partial charge in [0.2, 0.25) is 0 Å². The van der Waals surface area contributed by atoms with E-state index in [-0.39, 0.29) is 11.8 Å². The van der Waals surface area contributed by atoms with Crippen LogP contribution in [0.2, 0.25) is 0 Å². The average molecular weight is 228 g/mol. The van der Waals surface area contributed by atoms with Crippen molar-refractivity contribution >= 4 is 0 Å². The number of nitrogens with zero attached hydrogens (tertiary/aromatic N) is 1. The molecule has 92 valence electrons. The van der Waals surface area contributed by atoms with Crippen LogP contribution in [0.1, 0.15) is 28.4 Å². The Labute approximate surface area is 101 Å². The third kappa shape index (κ3) is 5.45. The minimum atomic E-state index is -1.51. The fraction of sp³-hybridized carbons (Fsp3) is 0.917. The van der Waals surface area contributed by atoms with Crippen LogP contribution in [-0.4, -0.2) is 32.9 Å². The molecule has 0 bridgehead atoms. The van der Waals surface area contributed by atoms with Gasteiger partial charge in [0.25, 0.3) is 0 Å². The quantitative estimate of drug-likeness (QED) is 0.734. The summed E-state index contributed by atoms with van der Waals surface area (Å²) in [6.45, 7) is 1.35. The molecule has 2 rings (SSSR count). The Balaban J connectivity index is 0.000000184. The summed E-state index contributed by atoms with van der Waals surface area (Å²) in [5, 5.41) is 8.39. The van der Waals surface area contributed by atoms with Gasteiger partial charge in [0, 0.05) is 29.2 Å². The van der Waals surface area contributed by atoms with Gasteiger partial charge in [-0.2, -0.15) is 5.26 Å². The van der Waals surface area contributed by atoms with Gasteiger partial charge in [-0.15, -0.1) is 0 Å². The topological polar surface area (TPSA) is 68.3 Å². The highest BCUT2D eigenvalue weighted by molar-refractivity contribution is 4.83. The summed E-state index contributed by atoms with van der Waals surface area (Å²) in [5.74, 6) is 0.255. The Kier molecular flexibility index (Phi) is 5.60. The first kappa shape index (κ1) is 10.5. The van der Waals surface area contributed by atoms with Gasteiger partial charge in [-0.3, -0.25) is 0 Å². The molecular formula is C12H22N2O2. The van der Waals surface area contributed by atoms with Gasteiger partial charge in [0.15, 0.2) is 0 Å². The lowest BCUT2D eigenvalue weighted by Crippen LogP contribution is -2.22. The van der Waals surface area contributed by atoms with Gasteiger partial charge >= 0.3 is 0 Å². The van der Waals surface area contributed by atoms with Crippen molar-refractivity contribution < 1.29 is 12.2 Å². The van der Waals surface area contributed by atoms with E-state index < -0.39 is 6.50 Å². The van der Waals surface area contributed by atoms with E-state index in [0.29, 0.717) is 13.2 Å². The third-order valence-electron chi connectivity index (χ3n) is 2.86. The standard InChI is InChI=1S/C6H13NO.C6H9NO/c2*7-5-6-1-3-8-4-2-6/h6H,1-5,7H2;6H,1-4H2/i5D2;. The van der Waals surface area contributed by atoms with Crippen molar-refractivity contribution in [3.05, 3.63) is 0 Å². The molecule has 2 N–H and O–H groups in total. The molecule has 2 saturated heterocycles. The lowest BCUT2D eigenvalue weighted by atomic mass is 10.0. The molecular weight excluding hydrogens is 204 g/mol. The summed E-state index contributed by atoms with van der Waals surface area (Å²) in [6, 6.07) is 2.22. The maximum atomic E-state index is 8.39. The molecule has 0 aromatic carbocycles. The Bertz CT molecular complexity index is 264. The van der Waals surface area contributed by atoms with Crippen molar-refractivity contribution in [2.75, 3.05) is 32.9 Å². The number of hydrogen-bond acceptors (Lipinski definition) is 4. The van der Waals surface area contributed by atoms with Crippen molar-refractivity contribution in [1.82, 2.24) is 0 Å². The molecule has 4 heteroatoms. The first-order valence-electron chi connectivity index (χ1n) is 6.88. The zero-order valence-corrected chi connectivity index (χ0v) is 9.65. The van der Waals surface area contributed by atoms with Crippen molar-refractivity contribution in [3.8, 4) is 6.07 Å². The highest BCUT2D eigenvalue weighted by Gasteiger charge is 2.11. The van der Waals surface area contributed by atoms with Gasteiger partial charge < -0.3 is 15.2 Å². The van der Waals surface area contributed by atoms with Crippen LogP contribution in [0.5, 0.6) is 0 Å². The Morgan fingerprint density at radius 2 is 1.62 bits per heavy atom. The molecule has 0 saturated carbocycles. The largest absolute Gasteiger partial charge is 0.381 e. The average Bonchev–Trinajstić information content (AvgIpc) is 2.40. The number of rotatable bonds is 1. The molecule has 2 fully saturated rings. The Morgan fingerprint density at radius 1 is 1.12 bits per heavy atom. The molecule has 0 aromatic heterocycles. The molecule has 2 aliphatic rings. The van der Waals surface area contributed by atoms with E-state index in [2.05, 4.69) is 6.07 Å². The van der Waals surface area contributed by atoms with E-state index in [1.807, 2.05) is 0 Å². The molecule has 16 heavy (non-hydrogen) atoms. The number of nitrogens with two attached hydrogens (primary N) is 1. The van der Waals surface area contributed by atoms with Gasteiger partial charge in [-0.25, -0.2) is 0 Å². The zero-order chi connectivity index (χ0) is 13.4. The van der Waals surface area contributed by atoms with E-state index in [1.54, 1.807) is 0 Å². The van der Waals surface area contributed by atoms with E-state index in [1.165, 1.54) is 0 Å². The molecule has 0 amide bonds. The lowest BCUT2D eigenvalue weighted by Gasteiger charge is -2.19. The number of hydrogen-bond donors (Lipinski definition) is 1. The Hall–Kier alpha value is -0.630. The fourth-order valence-corrected chi connectivity index (χ4v) is 1.69. The predicted octanol–water partition coefficient (Wildman–Crippen LogP) is 1.31. The number of ether oxygens (including phenoxy) is 2. The smallest absolute Gasteiger partial charge is 0.0657 e. The van der Waals surface area contributed by atoms with Gasteiger partial charge in [0.05, 0.1) is 12.0 Å². The molecule has 0 radical (unpaired) electrons. The zero-order valence-electron chi connectivity index (χ0n) is 11.7. The first-order valence-corrected chi connectivity index (χ1v) is 5.88. The molecule has 0 aromatic rings. The summed E-state index contributed by atoms with van der Waals surface area (Å²) in [7, 11) is 0. The molecule has 0 unspecified atom stereocenters. The van der Waals surface area contributed by atoms with Crippen molar-refractivity contribution in [2.45, 2.75) is 25.7 Å². The van der Waals surface area contributed by atoms with Crippen LogP contribution in [0.4, 0.5) is 0 Å². The molecule has 2 aliphatic heterocycles. The maximum absolute atomic E-state index is 8.39. The maximum Gasteiger partial charge on any atom is 0.0657 e. The van der Waals surface area contributed by atoms with Crippen molar-refractivity contribution in [3.63, 3.8) is 0 Å². The van der Waals surface area contributed by atoms with Crippen LogP contribution in [0.3, 0.4) is 0 Å². The second kappa shape index (κ2) is 8.51. The minimum absolute atomic E-state index is 0.0127. The second-order valence-electron chi connectivity index (χ2n) is 4.07. The summed E-state index contributed by atoms with van der Waals surface area (Å²) in [4.78, 5) is 0. The lowest BCUT2D eigenvalue weighted by molar-refractivity contribution is 0.0688. The van der Waals surface area contributed by atoms with Crippen LogP contribution < -0.4 is 5.73 Å². The molecule has 2 heterocycles. The van der Waals surface area contributed by atoms with E-state index in [4.69, 9.17) is 23.2 Å². The summed E-state index contributed by atoms with van der Waals surface area (Å²) in [6.07, 6.45) is 3.36. The monoisotopic (exact) mass is 228 g/mol. The fourth-order valence-electron chi connectivity index (χ4n) is 1.69. The van der Waals surface area contributed by atoms with Crippen LogP contribution in [0.25, 0.3) is 0 Å². The highest BCUT2D eigenvalue weighted by Crippen LogP contribution is 2.12. The van der Waals surface area contributed by atoms with E-state index >= 15 is 0 Å². The van der Waals surface area contributed by atoms with Crippen molar-refractivity contribution in [2.24, 2.45) is 17.6 Å². The van der Waals surface area contributed by atoms with Crippen LogP contribution in [0, 0.1) is 23.2 Å².